The van der Waals surface area contributed by atoms with Gasteiger partial charge in [0.25, 0.3) is 5.91 Å². The number of aromatic nitrogens is 2. The van der Waals surface area contributed by atoms with Crippen LogP contribution in [-0.4, -0.2) is 83.1 Å². The summed E-state index contributed by atoms with van der Waals surface area (Å²) in [5.41, 5.74) is 2.42. The van der Waals surface area contributed by atoms with E-state index in [-0.39, 0.29) is 18.4 Å². The largest absolute Gasteiger partial charge is 0.379 e. The zero-order valence-electron chi connectivity index (χ0n) is 22.5. The Hall–Kier alpha value is -2.75. The minimum Gasteiger partial charge on any atom is -0.379 e. The van der Waals surface area contributed by atoms with Gasteiger partial charge in [0.05, 0.1) is 30.8 Å². The standard InChI is InChI=1S/C29H39N5O3S/c1-3-22(4-2)34-26-8-7-21(18-25(26)31-27(34)19-24-6-5-17-38-24)29(36)30-20-28(35)33-11-9-23(10-12-33)32-13-15-37-16-14-32/h5-8,17-18,22-23H,3-4,9-16,19-20H2,1-2H3,(H,30,36). The van der Waals surface area contributed by atoms with Crippen molar-refractivity contribution in [3.05, 3.63) is 52.0 Å². The Labute approximate surface area is 229 Å². The lowest BCUT2D eigenvalue weighted by Crippen LogP contribution is -2.51. The first kappa shape index (κ1) is 26.8. The molecule has 0 saturated carbocycles. The fourth-order valence-corrected chi connectivity index (χ4v) is 6.54. The molecule has 8 nitrogen and oxygen atoms in total. The van der Waals surface area contributed by atoms with Gasteiger partial charge in [-0.15, -0.1) is 11.3 Å². The topological polar surface area (TPSA) is 79.7 Å². The fourth-order valence-electron chi connectivity index (χ4n) is 5.84. The van der Waals surface area contributed by atoms with Gasteiger partial charge in [-0.1, -0.05) is 19.9 Å². The number of imidazole rings is 1. The molecule has 2 amide bonds. The van der Waals surface area contributed by atoms with Crippen molar-refractivity contribution in [1.82, 2.24) is 24.7 Å². The third kappa shape index (κ3) is 5.95. The summed E-state index contributed by atoms with van der Waals surface area (Å²) in [5.74, 6) is 0.779. The fraction of sp³-hybridized carbons (Fsp3) is 0.552. The number of hydrogen-bond donors (Lipinski definition) is 1. The number of fused-ring (bicyclic) bond motifs is 1. The monoisotopic (exact) mass is 537 g/mol. The van der Waals surface area contributed by atoms with Crippen LogP contribution in [0.2, 0.25) is 0 Å². The quantitative estimate of drug-likeness (QED) is 0.445. The Kier molecular flexibility index (Phi) is 8.76. The second-order valence-electron chi connectivity index (χ2n) is 10.3. The van der Waals surface area contributed by atoms with E-state index in [2.05, 4.69) is 46.1 Å². The molecule has 5 rings (SSSR count). The number of benzene rings is 1. The molecule has 2 aliphatic heterocycles. The summed E-state index contributed by atoms with van der Waals surface area (Å²) in [6, 6.07) is 10.8. The maximum absolute atomic E-state index is 13.0. The molecule has 0 spiro atoms. The average molecular weight is 538 g/mol. The number of thiophene rings is 1. The number of nitrogens with one attached hydrogen (secondary N) is 1. The van der Waals surface area contributed by atoms with Gasteiger partial charge < -0.3 is 19.5 Å². The van der Waals surface area contributed by atoms with Crippen molar-refractivity contribution in [2.45, 2.75) is 58.0 Å². The molecule has 3 aromatic rings. The summed E-state index contributed by atoms with van der Waals surface area (Å²) in [6.07, 6.45) is 4.77. The molecule has 0 unspecified atom stereocenters. The molecule has 2 aliphatic rings. The number of nitrogens with zero attached hydrogens (tertiary/aromatic N) is 4. The third-order valence-electron chi connectivity index (χ3n) is 8.02. The smallest absolute Gasteiger partial charge is 0.251 e. The van der Waals surface area contributed by atoms with E-state index in [4.69, 9.17) is 9.72 Å². The summed E-state index contributed by atoms with van der Waals surface area (Å²) in [5, 5.41) is 4.94. The van der Waals surface area contributed by atoms with Gasteiger partial charge >= 0.3 is 0 Å². The zero-order chi connectivity index (χ0) is 26.5. The maximum atomic E-state index is 13.0. The lowest BCUT2D eigenvalue weighted by Gasteiger charge is -2.40. The van der Waals surface area contributed by atoms with Gasteiger partial charge in [-0.05, 0) is 55.3 Å². The number of hydrogen-bond acceptors (Lipinski definition) is 6. The highest BCUT2D eigenvalue weighted by molar-refractivity contribution is 7.09. The van der Waals surface area contributed by atoms with E-state index < -0.39 is 0 Å². The number of carbonyl (C=O) groups is 2. The number of rotatable bonds is 9. The molecule has 1 aromatic carbocycles. The molecule has 38 heavy (non-hydrogen) atoms. The van der Waals surface area contributed by atoms with Crippen LogP contribution in [0.15, 0.2) is 35.7 Å². The Morgan fingerprint density at radius 1 is 1.11 bits per heavy atom. The van der Waals surface area contributed by atoms with Crippen LogP contribution < -0.4 is 5.32 Å². The molecule has 2 saturated heterocycles. The van der Waals surface area contributed by atoms with Crippen molar-refractivity contribution in [3.8, 4) is 0 Å². The lowest BCUT2D eigenvalue weighted by atomic mass is 10.0. The van der Waals surface area contributed by atoms with Crippen molar-refractivity contribution >= 4 is 34.2 Å². The Morgan fingerprint density at radius 2 is 1.87 bits per heavy atom. The Balaban J connectivity index is 1.22. The molecule has 204 valence electrons. The van der Waals surface area contributed by atoms with E-state index in [1.807, 2.05) is 23.1 Å². The highest BCUT2D eigenvalue weighted by Crippen LogP contribution is 2.28. The summed E-state index contributed by atoms with van der Waals surface area (Å²) < 4.78 is 7.81. The van der Waals surface area contributed by atoms with Gasteiger partial charge in [0.2, 0.25) is 5.91 Å². The number of carbonyl (C=O) groups excluding carboxylic acids is 2. The van der Waals surface area contributed by atoms with E-state index >= 15 is 0 Å². The van der Waals surface area contributed by atoms with Crippen molar-refractivity contribution in [2.24, 2.45) is 0 Å². The van der Waals surface area contributed by atoms with Crippen LogP contribution in [0.4, 0.5) is 0 Å². The van der Waals surface area contributed by atoms with Gasteiger partial charge in [0.1, 0.15) is 5.82 Å². The Bertz CT molecular complexity index is 1220. The van der Waals surface area contributed by atoms with Crippen LogP contribution in [0.1, 0.15) is 66.6 Å². The van der Waals surface area contributed by atoms with Gasteiger partial charge in [0, 0.05) is 55.1 Å². The Morgan fingerprint density at radius 3 is 2.55 bits per heavy atom. The predicted octanol–water partition coefficient (Wildman–Crippen LogP) is 4.10. The van der Waals surface area contributed by atoms with Gasteiger partial charge in [-0.2, -0.15) is 0 Å². The molecule has 9 heteroatoms. The lowest BCUT2D eigenvalue weighted by molar-refractivity contribution is -0.132. The first-order chi connectivity index (χ1) is 18.6. The number of piperidine rings is 1. The number of amides is 2. The van der Waals surface area contributed by atoms with Crippen molar-refractivity contribution in [1.29, 1.82) is 0 Å². The molecule has 0 aliphatic carbocycles. The summed E-state index contributed by atoms with van der Waals surface area (Å²) in [4.78, 5) is 36.4. The summed E-state index contributed by atoms with van der Waals surface area (Å²) in [7, 11) is 0. The average Bonchev–Trinajstić information content (AvgIpc) is 3.60. The highest BCUT2D eigenvalue weighted by Gasteiger charge is 2.28. The van der Waals surface area contributed by atoms with E-state index in [9.17, 15) is 9.59 Å². The normalized spacial score (nSPS) is 17.4. The number of likely N-dealkylation sites (tertiary alicyclic amines) is 1. The third-order valence-corrected chi connectivity index (χ3v) is 8.90. The van der Waals surface area contributed by atoms with Crippen LogP contribution in [0, 0.1) is 0 Å². The minimum absolute atomic E-state index is 0.0175. The van der Waals surface area contributed by atoms with E-state index in [0.717, 1.165) is 88.4 Å². The second kappa shape index (κ2) is 12.4. The SMILES string of the molecule is CCC(CC)n1c(Cc2cccs2)nc2cc(C(=O)NCC(=O)N3CCC(N4CCOCC4)CC3)ccc21. The van der Waals surface area contributed by atoms with Crippen LogP contribution in [0.3, 0.4) is 0 Å². The molecule has 4 heterocycles. The van der Waals surface area contributed by atoms with Gasteiger partial charge in [0.15, 0.2) is 0 Å². The summed E-state index contributed by atoms with van der Waals surface area (Å²) in [6.45, 7) is 9.46. The molecular formula is C29H39N5O3S. The van der Waals surface area contributed by atoms with Crippen LogP contribution in [-0.2, 0) is 16.0 Å². The van der Waals surface area contributed by atoms with Crippen LogP contribution >= 0.6 is 11.3 Å². The van der Waals surface area contributed by atoms with Gasteiger partial charge in [-0.3, -0.25) is 14.5 Å². The van der Waals surface area contributed by atoms with Crippen molar-refractivity contribution in [3.63, 3.8) is 0 Å². The zero-order valence-corrected chi connectivity index (χ0v) is 23.3. The van der Waals surface area contributed by atoms with Crippen molar-refractivity contribution in [2.75, 3.05) is 45.9 Å². The molecule has 0 radical (unpaired) electrons. The van der Waals surface area contributed by atoms with E-state index in [1.54, 1.807) is 11.3 Å². The first-order valence-electron chi connectivity index (χ1n) is 14.0. The van der Waals surface area contributed by atoms with Crippen molar-refractivity contribution < 1.29 is 14.3 Å². The van der Waals surface area contributed by atoms with Gasteiger partial charge in [-0.25, -0.2) is 4.98 Å². The van der Waals surface area contributed by atoms with Crippen LogP contribution in [0.5, 0.6) is 0 Å². The van der Waals surface area contributed by atoms with E-state index in [1.165, 1.54) is 4.88 Å². The molecule has 2 aromatic heterocycles. The van der Waals surface area contributed by atoms with Crippen LogP contribution in [0.25, 0.3) is 11.0 Å². The first-order valence-corrected chi connectivity index (χ1v) is 14.9. The number of morpholine rings is 1. The minimum atomic E-state index is -0.236. The van der Waals surface area contributed by atoms with E-state index in [0.29, 0.717) is 17.6 Å². The molecule has 2 fully saturated rings. The highest BCUT2D eigenvalue weighted by atomic mass is 32.1. The predicted molar refractivity (Wildman–Crippen MR) is 151 cm³/mol. The second-order valence-corrected chi connectivity index (χ2v) is 11.3. The molecule has 0 atom stereocenters. The molecule has 1 N–H and O–H groups in total. The molecule has 0 bridgehead atoms. The maximum Gasteiger partial charge on any atom is 0.251 e. The summed E-state index contributed by atoms with van der Waals surface area (Å²) >= 11 is 1.74. The number of ether oxygens (including phenoxy) is 1. The molecular weight excluding hydrogens is 498 g/mol.